The lowest BCUT2D eigenvalue weighted by molar-refractivity contribution is -0.384. The predicted octanol–water partition coefficient (Wildman–Crippen LogP) is 4.33. The van der Waals surface area contributed by atoms with Crippen molar-refractivity contribution in [2.45, 2.75) is 13.8 Å². The molecule has 0 bridgehead atoms. The maximum atomic E-state index is 12.6. The number of imide groups is 1. The Bertz CT molecular complexity index is 1130. The van der Waals surface area contributed by atoms with Gasteiger partial charge in [0.05, 0.1) is 9.83 Å². The largest absolute Gasteiger partial charge is 0.350 e. The monoisotopic (exact) mass is 459 g/mol. The van der Waals surface area contributed by atoms with Crippen molar-refractivity contribution in [1.29, 1.82) is 0 Å². The molecule has 31 heavy (non-hydrogen) atoms. The van der Waals surface area contributed by atoms with Crippen molar-refractivity contribution in [2.24, 2.45) is 0 Å². The summed E-state index contributed by atoms with van der Waals surface area (Å²) < 4.78 is 0. The van der Waals surface area contributed by atoms with E-state index in [0.29, 0.717) is 11.1 Å². The van der Waals surface area contributed by atoms with Crippen molar-refractivity contribution in [3.8, 4) is 0 Å². The number of benzene rings is 2. The van der Waals surface area contributed by atoms with Crippen LogP contribution in [0, 0.1) is 24.0 Å². The second-order valence-electron chi connectivity index (χ2n) is 6.88. The predicted molar refractivity (Wildman–Crippen MR) is 119 cm³/mol. The van der Waals surface area contributed by atoms with E-state index in [9.17, 15) is 24.5 Å². The molecular formula is C21H18ClN3O5S. The highest BCUT2D eigenvalue weighted by atomic mass is 35.5. The Labute approximate surface area is 187 Å². The third-order valence-corrected chi connectivity index (χ3v) is 5.81. The molecule has 0 radical (unpaired) electrons. The average Bonchev–Trinajstić information content (AvgIpc) is 2.96. The van der Waals surface area contributed by atoms with Crippen molar-refractivity contribution >= 4 is 52.2 Å². The Kier molecular flexibility index (Phi) is 6.77. The summed E-state index contributed by atoms with van der Waals surface area (Å²) >= 11 is 6.53. The maximum Gasteiger partial charge on any atom is 0.293 e. The summed E-state index contributed by atoms with van der Waals surface area (Å²) in [6, 6.07) is 9.59. The Morgan fingerprint density at radius 3 is 2.65 bits per heavy atom. The van der Waals surface area contributed by atoms with E-state index in [4.69, 9.17) is 11.6 Å². The van der Waals surface area contributed by atoms with Crippen LogP contribution in [0.4, 0.5) is 10.5 Å². The molecule has 1 fully saturated rings. The van der Waals surface area contributed by atoms with Crippen LogP contribution < -0.4 is 5.32 Å². The summed E-state index contributed by atoms with van der Waals surface area (Å²) in [7, 11) is 0. The van der Waals surface area contributed by atoms with E-state index in [1.807, 2.05) is 26.0 Å². The normalized spacial score (nSPS) is 14.9. The molecule has 0 spiro atoms. The molecule has 8 nitrogen and oxygen atoms in total. The fourth-order valence-corrected chi connectivity index (χ4v) is 4.10. The first kappa shape index (κ1) is 22.5. The lowest BCUT2D eigenvalue weighted by Gasteiger charge is -2.13. The highest BCUT2D eigenvalue weighted by molar-refractivity contribution is 8.18. The van der Waals surface area contributed by atoms with Gasteiger partial charge in [-0.25, -0.2) is 0 Å². The van der Waals surface area contributed by atoms with Gasteiger partial charge in [-0.1, -0.05) is 35.4 Å². The van der Waals surface area contributed by atoms with Crippen LogP contribution in [0.25, 0.3) is 6.08 Å². The van der Waals surface area contributed by atoms with Crippen LogP contribution in [-0.2, 0) is 4.79 Å². The minimum Gasteiger partial charge on any atom is -0.350 e. The van der Waals surface area contributed by atoms with E-state index in [-0.39, 0.29) is 34.6 Å². The van der Waals surface area contributed by atoms with E-state index < -0.39 is 16.1 Å². The quantitative estimate of drug-likeness (QED) is 0.391. The molecule has 1 heterocycles. The van der Waals surface area contributed by atoms with Gasteiger partial charge in [-0.2, -0.15) is 0 Å². The smallest absolute Gasteiger partial charge is 0.293 e. The van der Waals surface area contributed by atoms with Gasteiger partial charge in [0.25, 0.3) is 22.7 Å². The van der Waals surface area contributed by atoms with E-state index in [0.717, 1.165) is 27.8 Å². The number of rotatable bonds is 6. The number of halogens is 1. The minimum atomic E-state index is -0.621. The van der Waals surface area contributed by atoms with Gasteiger partial charge in [0.2, 0.25) is 0 Å². The number of nitrogens with zero attached hydrogens (tertiary/aromatic N) is 2. The highest BCUT2D eigenvalue weighted by Crippen LogP contribution is 2.33. The van der Waals surface area contributed by atoms with Crippen LogP contribution in [0.3, 0.4) is 0 Å². The van der Waals surface area contributed by atoms with E-state index in [1.165, 1.54) is 24.3 Å². The van der Waals surface area contributed by atoms with Crippen molar-refractivity contribution in [2.75, 3.05) is 13.1 Å². The van der Waals surface area contributed by atoms with Gasteiger partial charge >= 0.3 is 0 Å². The fourth-order valence-electron chi connectivity index (χ4n) is 3.05. The van der Waals surface area contributed by atoms with Gasteiger partial charge in [0.15, 0.2) is 0 Å². The molecule has 3 amide bonds. The number of carbonyl (C=O) groups excluding carboxylic acids is 3. The van der Waals surface area contributed by atoms with Crippen LogP contribution in [0.1, 0.15) is 27.0 Å². The van der Waals surface area contributed by atoms with Gasteiger partial charge in [0.1, 0.15) is 5.02 Å². The molecule has 160 valence electrons. The van der Waals surface area contributed by atoms with Gasteiger partial charge in [-0.05, 0) is 54.9 Å². The average molecular weight is 460 g/mol. The molecular weight excluding hydrogens is 442 g/mol. The number of aryl methyl sites for hydroxylation is 2. The SMILES string of the molecule is Cc1ccc(C(=O)NCCN2C(=O)SC(=Cc3ccc(Cl)c([N+](=O)[O-])c3)C2=O)c(C)c1. The lowest BCUT2D eigenvalue weighted by Crippen LogP contribution is -2.37. The topological polar surface area (TPSA) is 110 Å². The molecule has 10 heteroatoms. The third kappa shape index (κ3) is 5.12. The maximum absolute atomic E-state index is 12.6. The first-order valence-corrected chi connectivity index (χ1v) is 10.4. The van der Waals surface area contributed by atoms with E-state index >= 15 is 0 Å². The van der Waals surface area contributed by atoms with Crippen molar-refractivity contribution in [3.63, 3.8) is 0 Å². The van der Waals surface area contributed by atoms with Crippen LogP contribution in [0.2, 0.25) is 5.02 Å². The van der Waals surface area contributed by atoms with Crippen LogP contribution in [0.15, 0.2) is 41.3 Å². The summed E-state index contributed by atoms with van der Waals surface area (Å²) in [6.07, 6.45) is 1.41. The van der Waals surface area contributed by atoms with Crippen molar-refractivity contribution in [3.05, 3.63) is 78.7 Å². The second kappa shape index (κ2) is 9.32. The number of hydrogen-bond donors (Lipinski definition) is 1. The Balaban J connectivity index is 1.65. The molecule has 2 aromatic carbocycles. The number of thioether (sulfide) groups is 1. The second-order valence-corrected chi connectivity index (χ2v) is 8.28. The van der Waals surface area contributed by atoms with E-state index in [2.05, 4.69) is 5.32 Å². The molecule has 0 saturated carbocycles. The van der Waals surface area contributed by atoms with Crippen molar-refractivity contribution in [1.82, 2.24) is 10.2 Å². The van der Waals surface area contributed by atoms with Gasteiger partial charge in [-0.15, -0.1) is 0 Å². The molecule has 0 unspecified atom stereocenters. The molecule has 0 atom stereocenters. The summed E-state index contributed by atoms with van der Waals surface area (Å²) in [4.78, 5) is 48.8. The summed E-state index contributed by atoms with van der Waals surface area (Å²) in [6.45, 7) is 3.89. The van der Waals surface area contributed by atoms with Crippen molar-refractivity contribution < 1.29 is 19.3 Å². The zero-order valence-corrected chi connectivity index (χ0v) is 18.2. The molecule has 0 aliphatic carbocycles. The highest BCUT2D eigenvalue weighted by Gasteiger charge is 2.34. The zero-order chi connectivity index (χ0) is 22.7. The summed E-state index contributed by atoms with van der Waals surface area (Å²) in [5, 5.41) is 13.2. The minimum absolute atomic E-state index is 0.0133. The standard InChI is InChI=1S/C21H18ClN3O5S/c1-12-3-5-15(13(2)9-12)19(26)23-7-8-24-20(27)18(31-21(24)28)11-14-4-6-16(22)17(10-14)25(29)30/h3-6,9-11H,7-8H2,1-2H3,(H,23,26). The van der Waals surface area contributed by atoms with Crippen LogP contribution in [-0.4, -0.2) is 40.0 Å². The first-order valence-electron chi connectivity index (χ1n) is 9.22. The first-order chi connectivity index (χ1) is 14.7. The number of carbonyl (C=O) groups is 3. The number of hydrogen-bond acceptors (Lipinski definition) is 6. The van der Waals surface area contributed by atoms with Gasteiger partial charge < -0.3 is 5.32 Å². The Morgan fingerprint density at radius 1 is 1.23 bits per heavy atom. The molecule has 3 rings (SSSR count). The number of amides is 3. The summed E-state index contributed by atoms with van der Waals surface area (Å²) in [5.41, 5.74) is 2.51. The number of nitrogens with one attached hydrogen (secondary N) is 1. The molecule has 1 saturated heterocycles. The van der Waals surface area contributed by atoms with Crippen LogP contribution in [0.5, 0.6) is 0 Å². The molecule has 2 aromatic rings. The lowest BCUT2D eigenvalue weighted by atomic mass is 10.1. The van der Waals surface area contributed by atoms with E-state index in [1.54, 1.807) is 6.07 Å². The number of nitro groups is 1. The summed E-state index contributed by atoms with van der Waals surface area (Å²) in [5.74, 6) is -0.804. The Morgan fingerprint density at radius 2 is 1.97 bits per heavy atom. The molecule has 0 aromatic heterocycles. The Hall–Kier alpha value is -3.17. The van der Waals surface area contributed by atoms with Gasteiger partial charge in [-0.3, -0.25) is 29.4 Å². The molecule has 1 aliphatic heterocycles. The van der Waals surface area contributed by atoms with Gasteiger partial charge in [0, 0.05) is 24.7 Å². The zero-order valence-electron chi connectivity index (χ0n) is 16.7. The molecule has 1 N–H and O–H groups in total. The van der Waals surface area contributed by atoms with Crippen LogP contribution >= 0.6 is 23.4 Å². The fraction of sp³-hybridized carbons (Fsp3) is 0.190. The molecule has 1 aliphatic rings. The third-order valence-electron chi connectivity index (χ3n) is 4.59. The number of nitro benzene ring substituents is 1.